The van der Waals surface area contributed by atoms with Crippen molar-refractivity contribution < 1.29 is 14.3 Å². The molecule has 0 fully saturated rings. The summed E-state index contributed by atoms with van der Waals surface area (Å²) in [6.07, 6.45) is 0. The lowest BCUT2D eigenvalue weighted by atomic mass is 10.0. The molecule has 114 valence electrons. The second kappa shape index (κ2) is 6.89. The van der Waals surface area contributed by atoms with E-state index in [1.165, 1.54) is 0 Å². The second-order valence-electron chi connectivity index (χ2n) is 5.04. The Labute approximate surface area is 130 Å². The molecule has 2 rings (SSSR count). The van der Waals surface area contributed by atoms with Crippen LogP contribution in [0.3, 0.4) is 0 Å². The van der Waals surface area contributed by atoms with Crippen molar-refractivity contribution in [2.45, 2.75) is 20.8 Å². The number of hydrogen-bond donors (Lipinski definition) is 1. The van der Waals surface area contributed by atoms with Gasteiger partial charge in [0.05, 0.1) is 17.9 Å². The zero-order valence-corrected chi connectivity index (χ0v) is 13.0. The van der Waals surface area contributed by atoms with Crippen LogP contribution in [0, 0.1) is 13.8 Å². The lowest BCUT2D eigenvalue weighted by molar-refractivity contribution is 0.0527. The first-order valence-corrected chi connectivity index (χ1v) is 7.17. The second-order valence-corrected chi connectivity index (χ2v) is 5.04. The molecule has 0 atom stereocenters. The van der Waals surface area contributed by atoms with Crippen LogP contribution in [0.25, 0.3) is 0 Å². The summed E-state index contributed by atoms with van der Waals surface area (Å²) in [5, 5.41) is 2.79. The lowest BCUT2D eigenvalue weighted by Crippen LogP contribution is -2.16. The van der Waals surface area contributed by atoms with Gasteiger partial charge >= 0.3 is 5.97 Å². The molecular formula is C18H19NO3. The van der Waals surface area contributed by atoms with E-state index in [-0.39, 0.29) is 12.5 Å². The first-order chi connectivity index (χ1) is 10.5. The number of carbonyl (C=O) groups is 2. The normalized spacial score (nSPS) is 10.1. The van der Waals surface area contributed by atoms with E-state index in [0.717, 1.165) is 11.1 Å². The average molecular weight is 297 g/mol. The maximum Gasteiger partial charge on any atom is 0.340 e. The van der Waals surface area contributed by atoms with Gasteiger partial charge in [-0.2, -0.15) is 0 Å². The van der Waals surface area contributed by atoms with Crippen molar-refractivity contribution in [3.63, 3.8) is 0 Å². The largest absolute Gasteiger partial charge is 0.462 e. The average Bonchev–Trinajstić information content (AvgIpc) is 2.47. The smallest absolute Gasteiger partial charge is 0.340 e. The first-order valence-electron chi connectivity index (χ1n) is 7.17. The standard InChI is InChI=1S/C18H19NO3/c1-4-22-18(21)15-7-5-6-8-16(15)19-17(20)14-10-9-12(2)11-13(14)3/h5-11H,4H2,1-3H3,(H,19,20). The lowest BCUT2D eigenvalue weighted by Gasteiger charge is -2.11. The van der Waals surface area contributed by atoms with Crippen LogP contribution in [-0.2, 0) is 4.74 Å². The van der Waals surface area contributed by atoms with E-state index in [0.29, 0.717) is 16.8 Å². The molecule has 0 saturated carbocycles. The topological polar surface area (TPSA) is 55.4 Å². The highest BCUT2D eigenvalue weighted by Gasteiger charge is 2.15. The van der Waals surface area contributed by atoms with Gasteiger partial charge in [-0.15, -0.1) is 0 Å². The molecule has 2 aromatic carbocycles. The van der Waals surface area contributed by atoms with Crippen LogP contribution in [0.1, 0.15) is 38.8 Å². The maximum atomic E-state index is 12.4. The minimum atomic E-state index is -0.445. The van der Waals surface area contributed by atoms with Crippen molar-refractivity contribution >= 4 is 17.6 Å². The van der Waals surface area contributed by atoms with Crippen LogP contribution in [0.2, 0.25) is 0 Å². The Morgan fingerprint density at radius 1 is 1.05 bits per heavy atom. The van der Waals surface area contributed by atoms with Gasteiger partial charge in [0.25, 0.3) is 5.91 Å². The van der Waals surface area contributed by atoms with Crippen molar-refractivity contribution in [2.75, 3.05) is 11.9 Å². The molecule has 0 saturated heterocycles. The minimum Gasteiger partial charge on any atom is -0.462 e. The van der Waals surface area contributed by atoms with E-state index < -0.39 is 5.97 Å². The number of anilines is 1. The molecule has 1 amide bonds. The highest BCUT2D eigenvalue weighted by Crippen LogP contribution is 2.19. The van der Waals surface area contributed by atoms with Crippen molar-refractivity contribution in [3.8, 4) is 0 Å². The third-order valence-electron chi connectivity index (χ3n) is 3.30. The fourth-order valence-corrected chi connectivity index (χ4v) is 2.24. The molecule has 4 heteroatoms. The number of benzene rings is 2. The summed E-state index contributed by atoms with van der Waals surface area (Å²) in [4.78, 5) is 24.3. The molecule has 0 bridgehead atoms. The van der Waals surface area contributed by atoms with Crippen LogP contribution in [0.4, 0.5) is 5.69 Å². The Bertz CT molecular complexity index is 707. The number of hydrogen-bond acceptors (Lipinski definition) is 3. The zero-order valence-electron chi connectivity index (χ0n) is 13.0. The molecule has 0 aliphatic rings. The summed E-state index contributed by atoms with van der Waals surface area (Å²) in [7, 11) is 0. The van der Waals surface area contributed by atoms with Crippen LogP contribution in [0.15, 0.2) is 42.5 Å². The number of ether oxygens (including phenoxy) is 1. The Balaban J connectivity index is 2.27. The van der Waals surface area contributed by atoms with Crippen molar-refractivity contribution in [2.24, 2.45) is 0 Å². The van der Waals surface area contributed by atoms with E-state index in [1.54, 1.807) is 37.3 Å². The van der Waals surface area contributed by atoms with Crippen LogP contribution < -0.4 is 5.32 Å². The van der Waals surface area contributed by atoms with Crippen LogP contribution in [0.5, 0.6) is 0 Å². The fourth-order valence-electron chi connectivity index (χ4n) is 2.24. The van der Waals surface area contributed by atoms with Gasteiger partial charge in [0.2, 0.25) is 0 Å². The van der Waals surface area contributed by atoms with Gasteiger partial charge in [-0.1, -0.05) is 29.8 Å². The Hall–Kier alpha value is -2.62. The van der Waals surface area contributed by atoms with E-state index in [2.05, 4.69) is 5.32 Å². The molecular weight excluding hydrogens is 278 g/mol. The summed E-state index contributed by atoms with van der Waals surface area (Å²) in [5.74, 6) is -0.687. The third kappa shape index (κ3) is 3.52. The number of esters is 1. The van der Waals surface area contributed by atoms with E-state index in [9.17, 15) is 9.59 Å². The number of aryl methyl sites for hydroxylation is 2. The van der Waals surface area contributed by atoms with Gasteiger partial charge in [-0.3, -0.25) is 4.79 Å². The SMILES string of the molecule is CCOC(=O)c1ccccc1NC(=O)c1ccc(C)cc1C. The molecule has 0 spiro atoms. The molecule has 0 aliphatic heterocycles. The first kappa shape index (κ1) is 15.8. The highest BCUT2D eigenvalue weighted by atomic mass is 16.5. The van der Waals surface area contributed by atoms with Gasteiger partial charge in [0.15, 0.2) is 0 Å². The molecule has 1 N–H and O–H groups in total. The molecule has 0 unspecified atom stereocenters. The zero-order chi connectivity index (χ0) is 16.1. The Morgan fingerprint density at radius 3 is 2.45 bits per heavy atom. The van der Waals surface area contributed by atoms with Crippen molar-refractivity contribution in [1.29, 1.82) is 0 Å². The Morgan fingerprint density at radius 2 is 1.77 bits per heavy atom. The summed E-state index contributed by atoms with van der Waals surface area (Å²) in [6, 6.07) is 12.4. The summed E-state index contributed by atoms with van der Waals surface area (Å²) in [5.41, 5.74) is 3.38. The molecule has 0 radical (unpaired) electrons. The van der Waals surface area contributed by atoms with Gasteiger partial charge < -0.3 is 10.1 Å². The number of nitrogens with one attached hydrogen (secondary N) is 1. The number of para-hydroxylation sites is 1. The summed E-state index contributed by atoms with van der Waals surface area (Å²) >= 11 is 0. The predicted octanol–water partition coefficient (Wildman–Crippen LogP) is 3.73. The van der Waals surface area contributed by atoms with Crippen LogP contribution in [-0.4, -0.2) is 18.5 Å². The number of rotatable bonds is 4. The molecule has 22 heavy (non-hydrogen) atoms. The van der Waals surface area contributed by atoms with Crippen molar-refractivity contribution in [1.82, 2.24) is 0 Å². The Kier molecular flexibility index (Phi) is 4.94. The highest BCUT2D eigenvalue weighted by molar-refractivity contribution is 6.08. The summed E-state index contributed by atoms with van der Waals surface area (Å²) in [6.45, 7) is 5.90. The molecule has 0 heterocycles. The van der Waals surface area contributed by atoms with Crippen molar-refractivity contribution in [3.05, 3.63) is 64.7 Å². The van der Waals surface area contributed by atoms with Gasteiger partial charge in [-0.25, -0.2) is 4.79 Å². The molecule has 2 aromatic rings. The van der Waals surface area contributed by atoms with Gasteiger partial charge in [0.1, 0.15) is 0 Å². The molecule has 0 aliphatic carbocycles. The molecule has 4 nitrogen and oxygen atoms in total. The monoisotopic (exact) mass is 297 g/mol. The minimum absolute atomic E-state index is 0.241. The van der Waals surface area contributed by atoms with Gasteiger partial charge in [0, 0.05) is 5.56 Å². The maximum absolute atomic E-state index is 12.4. The van der Waals surface area contributed by atoms with E-state index in [4.69, 9.17) is 4.74 Å². The summed E-state index contributed by atoms with van der Waals surface area (Å²) < 4.78 is 5.01. The fraction of sp³-hybridized carbons (Fsp3) is 0.222. The van der Waals surface area contributed by atoms with E-state index >= 15 is 0 Å². The number of amides is 1. The van der Waals surface area contributed by atoms with Gasteiger partial charge in [-0.05, 0) is 44.5 Å². The van der Waals surface area contributed by atoms with Crippen LogP contribution >= 0.6 is 0 Å². The third-order valence-corrected chi connectivity index (χ3v) is 3.30. The van der Waals surface area contributed by atoms with E-state index in [1.807, 2.05) is 26.0 Å². The quantitative estimate of drug-likeness (QED) is 0.875. The predicted molar refractivity (Wildman–Crippen MR) is 86.3 cm³/mol. The molecule has 0 aromatic heterocycles. The number of carbonyl (C=O) groups excluding carboxylic acids is 2.